The molecule has 0 amide bonds. The average Bonchev–Trinajstić information content (AvgIpc) is 1.66. The van der Waals surface area contributed by atoms with Gasteiger partial charge in [-0.3, -0.25) is 0 Å². The number of aryl methyl sites for hydroxylation is 1. The van der Waals surface area contributed by atoms with Crippen LogP contribution in [0, 0.1) is 6.92 Å². The van der Waals surface area contributed by atoms with Gasteiger partial charge in [-0.2, -0.15) is 0 Å². The van der Waals surface area contributed by atoms with Gasteiger partial charge in [0, 0.05) is 67.2 Å². The lowest BCUT2D eigenvalue weighted by molar-refractivity contribution is 0.332. The summed E-state index contributed by atoms with van der Waals surface area (Å²) in [5, 5.41) is 2.38. The normalized spacial score (nSPS) is 19.3. The maximum Gasteiger partial charge on any atom is 0.333 e. The van der Waals surface area contributed by atoms with Crippen LogP contribution in [0.5, 0.6) is 0 Å². The second-order valence-corrected chi connectivity index (χ2v) is 36.6. The fourth-order valence-corrected chi connectivity index (χ4v) is 18.6. The first-order valence-corrected chi connectivity index (χ1v) is 35.9. The Labute approximate surface area is 568 Å². The molecule has 6 aliphatic rings. The Morgan fingerprint density at radius 1 is 0.400 bits per heavy atom. The van der Waals surface area contributed by atoms with Crippen molar-refractivity contribution in [1.82, 2.24) is 0 Å². The predicted molar refractivity (Wildman–Crippen MR) is 408 cm³/mol. The fourth-order valence-electron chi connectivity index (χ4n) is 18.6. The van der Waals surface area contributed by atoms with E-state index in [4.69, 9.17) is 4.42 Å². The molecule has 0 spiro atoms. The molecule has 0 fully saturated rings. The summed E-state index contributed by atoms with van der Waals surface area (Å²) >= 11 is 0. The number of fused-ring (bicyclic) bond motifs is 14. The van der Waals surface area contributed by atoms with E-state index in [2.05, 4.69) is 312 Å². The highest BCUT2D eigenvalue weighted by atomic mass is 16.3. The van der Waals surface area contributed by atoms with Crippen LogP contribution < -0.4 is 25.5 Å². The molecular formula is C90H100BN3O. The smallest absolute Gasteiger partial charge is 0.333 e. The highest BCUT2D eigenvalue weighted by Crippen LogP contribution is 2.61. The monoisotopic (exact) mass is 1250 g/mol. The first-order valence-electron chi connectivity index (χ1n) is 35.9. The molecule has 0 atom stereocenters. The molecule has 10 aromatic rings. The van der Waals surface area contributed by atoms with E-state index >= 15 is 0 Å². The molecule has 4 aliphatic carbocycles. The number of hydrogen-bond donors (Lipinski definition) is 0. The number of rotatable bonds is 5. The van der Waals surface area contributed by atoms with E-state index in [0.29, 0.717) is 0 Å². The molecule has 1 aromatic heterocycles. The first-order chi connectivity index (χ1) is 44.5. The molecule has 0 N–H and O–H groups in total. The molecule has 2 aliphatic heterocycles. The molecule has 3 heterocycles. The van der Waals surface area contributed by atoms with Crippen LogP contribution in [0.4, 0.5) is 45.5 Å². The molecule has 5 heteroatoms. The Bertz CT molecular complexity index is 4850. The highest BCUT2D eigenvalue weighted by molar-refractivity contribution is 6.94. The van der Waals surface area contributed by atoms with Crippen molar-refractivity contribution in [2.24, 2.45) is 0 Å². The van der Waals surface area contributed by atoms with Crippen molar-refractivity contribution in [3.63, 3.8) is 0 Å². The summed E-state index contributed by atoms with van der Waals surface area (Å²) in [4.78, 5) is 8.08. The van der Waals surface area contributed by atoms with Gasteiger partial charge in [0.05, 0.1) is 0 Å². The maximum atomic E-state index is 7.48. The van der Waals surface area contributed by atoms with Crippen LogP contribution in [-0.4, -0.2) is 6.85 Å². The zero-order chi connectivity index (χ0) is 67.2. The fraction of sp³-hybridized carbons (Fsp3) is 0.400. The van der Waals surface area contributed by atoms with E-state index in [1.807, 2.05) is 0 Å². The standard InChI is InChI=1S/C90H100BN3O/c1-53-44-67-70(88(16,17)42-40-85(67,10)11)50-74(53)93-75-48-62-61-47-69-71(89(18,19)43-41-87(69,14)15)51-77(61)95-78(62)52-72(75)91-81-76(93)49-63-60-24-22-23-25-65(60)90(20,21)80(63)79(81)64-45-58(35-37-73(64)94(91)59-34-36-66-68(46-59)86(12,13)39-38-84(66,8)9)92(56-30-26-54(27-31-56)82(2,3)4)57-32-28-55(29-33-57)83(5,6)7/h22-37,44-52H,38-43H2,1-21H3. The Hall–Kier alpha value is -7.76. The maximum absolute atomic E-state index is 7.48. The molecule has 16 rings (SSSR count). The van der Waals surface area contributed by atoms with E-state index < -0.39 is 0 Å². The molecule has 0 bridgehead atoms. The van der Waals surface area contributed by atoms with Crippen molar-refractivity contribution < 1.29 is 4.42 Å². The van der Waals surface area contributed by atoms with Gasteiger partial charge < -0.3 is 19.0 Å². The Balaban J connectivity index is 1.06. The highest BCUT2D eigenvalue weighted by Gasteiger charge is 2.52. The second kappa shape index (κ2) is 19.9. The van der Waals surface area contributed by atoms with Crippen LogP contribution in [0.15, 0.2) is 156 Å². The van der Waals surface area contributed by atoms with Gasteiger partial charge in [0.1, 0.15) is 11.2 Å². The van der Waals surface area contributed by atoms with E-state index in [9.17, 15) is 0 Å². The number of benzene rings is 9. The van der Waals surface area contributed by atoms with Crippen LogP contribution >= 0.6 is 0 Å². The summed E-state index contributed by atoms with van der Waals surface area (Å²) in [7, 11) is 0. The van der Waals surface area contributed by atoms with Gasteiger partial charge in [0.2, 0.25) is 0 Å². The lowest BCUT2D eigenvalue weighted by Crippen LogP contribution is -2.62. The van der Waals surface area contributed by atoms with E-state index in [1.165, 1.54) is 134 Å². The van der Waals surface area contributed by atoms with E-state index in [0.717, 1.165) is 66.8 Å². The topological polar surface area (TPSA) is 22.9 Å². The zero-order valence-electron chi connectivity index (χ0n) is 61.0. The van der Waals surface area contributed by atoms with Crippen LogP contribution in [-0.2, 0) is 48.7 Å². The molecule has 484 valence electrons. The second-order valence-electron chi connectivity index (χ2n) is 36.6. The minimum Gasteiger partial charge on any atom is -0.456 e. The van der Waals surface area contributed by atoms with Gasteiger partial charge in [-0.25, -0.2) is 0 Å². The van der Waals surface area contributed by atoms with Crippen molar-refractivity contribution in [2.45, 2.75) is 233 Å². The molecule has 95 heavy (non-hydrogen) atoms. The minimum absolute atomic E-state index is 0.00330. The Kier molecular flexibility index (Phi) is 13.0. The quantitative estimate of drug-likeness (QED) is 0.160. The molecule has 0 radical (unpaired) electrons. The van der Waals surface area contributed by atoms with Gasteiger partial charge in [-0.1, -0.05) is 199 Å². The summed E-state index contributed by atoms with van der Waals surface area (Å²) in [5.41, 5.74) is 34.6. The van der Waals surface area contributed by atoms with Gasteiger partial charge in [0.15, 0.2) is 0 Å². The molecule has 4 nitrogen and oxygen atoms in total. The lowest BCUT2D eigenvalue weighted by Gasteiger charge is -2.49. The third-order valence-corrected chi connectivity index (χ3v) is 25.0. The molecule has 0 saturated heterocycles. The van der Waals surface area contributed by atoms with Gasteiger partial charge in [-0.05, 0) is 269 Å². The Morgan fingerprint density at radius 3 is 1.47 bits per heavy atom. The van der Waals surface area contributed by atoms with E-state index in [1.54, 1.807) is 0 Å². The summed E-state index contributed by atoms with van der Waals surface area (Å²) in [6, 6.07) is 61.3. The Morgan fingerprint density at radius 2 is 0.895 bits per heavy atom. The zero-order valence-corrected chi connectivity index (χ0v) is 61.0. The summed E-state index contributed by atoms with van der Waals surface area (Å²) in [5.74, 6) is 0. The van der Waals surface area contributed by atoms with E-state index in [-0.39, 0.29) is 55.6 Å². The van der Waals surface area contributed by atoms with Gasteiger partial charge in [0.25, 0.3) is 0 Å². The number of furan rings is 1. The predicted octanol–water partition coefficient (Wildman–Crippen LogP) is 24.0. The third-order valence-electron chi connectivity index (χ3n) is 25.0. The molecule has 0 saturated carbocycles. The van der Waals surface area contributed by atoms with Crippen molar-refractivity contribution in [1.29, 1.82) is 0 Å². The lowest BCUT2D eigenvalue weighted by atomic mass is 9.42. The van der Waals surface area contributed by atoms with Crippen molar-refractivity contribution in [3.8, 4) is 22.3 Å². The number of anilines is 8. The molecule has 9 aromatic carbocycles. The van der Waals surface area contributed by atoms with Gasteiger partial charge in [-0.15, -0.1) is 0 Å². The van der Waals surface area contributed by atoms with Crippen LogP contribution in [0.1, 0.15) is 238 Å². The van der Waals surface area contributed by atoms with Crippen molar-refractivity contribution >= 4 is 85.2 Å². The van der Waals surface area contributed by atoms with Crippen LogP contribution in [0.3, 0.4) is 0 Å². The summed E-state index contributed by atoms with van der Waals surface area (Å²) < 4.78 is 7.48. The van der Waals surface area contributed by atoms with Crippen LogP contribution in [0.2, 0.25) is 0 Å². The number of hydrogen-bond acceptors (Lipinski definition) is 4. The largest absolute Gasteiger partial charge is 0.456 e. The number of nitrogens with zero attached hydrogens (tertiary/aromatic N) is 3. The van der Waals surface area contributed by atoms with Crippen LogP contribution in [0.25, 0.3) is 44.2 Å². The van der Waals surface area contributed by atoms with Crippen molar-refractivity contribution in [2.75, 3.05) is 14.6 Å². The van der Waals surface area contributed by atoms with Gasteiger partial charge >= 0.3 is 6.85 Å². The average molecular weight is 1250 g/mol. The SMILES string of the molecule is Cc1cc2c(cc1N1c3cc4c(cc3B3c5c1cc1c(c5-c5cc(N(c6ccc(C(C)(C)C)cc6)c6ccc(C(C)(C)C)cc6)ccc5N3c3ccc5c(c3)C(C)(C)CCC5(C)C)C(C)(C)c3ccccc3-1)oc1cc3c(cc14)C(C)(C)CCC3(C)C)C(C)(C)CCC2(C)C. The molecular weight excluding hydrogens is 1150 g/mol. The summed E-state index contributed by atoms with van der Waals surface area (Å²) in [6.07, 6.45) is 6.88. The molecule has 0 unspecified atom stereocenters. The van der Waals surface area contributed by atoms with Crippen molar-refractivity contribution in [3.05, 3.63) is 213 Å². The summed E-state index contributed by atoms with van der Waals surface area (Å²) in [6.45, 7) is 50.7. The minimum atomic E-state index is -0.352. The first kappa shape index (κ1) is 62.1. The third kappa shape index (κ3) is 9.18.